The van der Waals surface area contributed by atoms with E-state index in [0.29, 0.717) is 49.2 Å². The minimum absolute atomic E-state index is 0.132. The summed E-state index contributed by atoms with van der Waals surface area (Å²) < 4.78 is 8.08. The predicted molar refractivity (Wildman–Crippen MR) is 156 cm³/mol. The lowest BCUT2D eigenvalue weighted by Gasteiger charge is -2.22. The molecule has 4 heterocycles. The largest absolute Gasteiger partial charge is 0.379 e. The van der Waals surface area contributed by atoms with Gasteiger partial charge in [-0.2, -0.15) is 0 Å². The predicted octanol–water partition coefficient (Wildman–Crippen LogP) is 3.25. The van der Waals surface area contributed by atoms with Crippen LogP contribution < -0.4 is 16.0 Å². The summed E-state index contributed by atoms with van der Waals surface area (Å²) in [4.78, 5) is 25.5. The number of carbonyl (C=O) groups excluding carboxylic acids is 1. The van der Waals surface area contributed by atoms with E-state index in [4.69, 9.17) is 4.74 Å². The molecule has 4 aromatic rings. The van der Waals surface area contributed by atoms with Crippen LogP contribution in [-0.4, -0.2) is 61.9 Å². The first-order valence-electron chi connectivity index (χ1n) is 14.2. The number of nitrogens with one attached hydrogen (secondary N) is 3. The van der Waals surface area contributed by atoms with Gasteiger partial charge >= 0.3 is 0 Å². The molecule has 3 aromatic heterocycles. The van der Waals surface area contributed by atoms with Crippen LogP contribution in [0.25, 0.3) is 11.5 Å². The molecule has 1 saturated heterocycles. The topological polar surface area (TPSA) is 132 Å². The smallest absolute Gasteiger partial charge is 0.251 e. The zero-order chi connectivity index (χ0) is 28.3. The zero-order valence-electron chi connectivity index (χ0n) is 23.4. The number of hydrogen-bond donors (Lipinski definition) is 3. The number of anilines is 1. The van der Waals surface area contributed by atoms with Gasteiger partial charge in [-0.05, 0) is 73.2 Å². The first-order valence-corrected chi connectivity index (χ1v) is 14.2. The van der Waals surface area contributed by atoms with Crippen molar-refractivity contribution in [3.8, 4) is 11.5 Å². The van der Waals surface area contributed by atoms with Gasteiger partial charge in [-0.1, -0.05) is 13.0 Å². The van der Waals surface area contributed by atoms with Gasteiger partial charge in [0.05, 0.1) is 19.8 Å². The van der Waals surface area contributed by atoms with Crippen LogP contribution >= 0.6 is 0 Å². The Kier molecular flexibility index (Phi) is 9.96. The Hall–Kier alpha value is -4.22. The van der Waals surface area contributed by atoms with Crippen LogP contribution in [0.2, 0.25) is 0 Å². The molecule has 1 amide bonds. The van der Waals surface area contributed by atoms with Crippen molar-refractivity contribution in [1.29, 1.82) is 0 Å². The maximum absolute atomic E-state index is 12.9. The van der Waals surface area contributed by atoms with Crippen LogP contribution in [0.15, 0.2) is 61.3 Å². The van der Waals surface area contributed by atoms with E-state index in [-0.39, 0.29) is 5.91 Å². The molecule has 0 aliphatic carbocycles. The summed E-state index contributed by atoms with van der Waals surface area (Å²) in [6.07, 6.45) is 10.1. The van der Waals surface area contributed by atoms with E-state index in [1.165, 1.54) is 19.2 Å². The molecule has 3 N–H and O–H groups in total. The van der Waals surface area contributed by atoms with Crippen molar-refractivity contribution >= 4 is 11.6 Å². The first kappa shape index (κ1) is 28.3. The summed E-state index contributed by atoms with van der Waals surface area (Å²) >= 11 is 0. The highest BCUT2D eigenvalue weighted by molar-refractivity contribution is 5.95. The zero-order valence-corrected chi connectivity index (χ0v) is 23.4. The number of amides is 1. The molecule has 214 valence electrons. The van der Waals surface area contributed by atoms with Gasteiger partial charge in [0.15, 0.2) is 11.6 Å². The molecule has 0 bridgehead atoms. The minimum atomic E-state index is -0.132. The van der Waals surface area contributed by atoms with E-state index in [2.05, 4.69) is 48.0 Å². The van der Waals surface area contributed by atoms with Crippen LogP contribution in [0.1, 0.15) is 47.1 Å². The fourth-order valence-electron chi connectivity index (χ4n) is 4.96. The van der Waals surface area contributed by atoms with Gasteiger partial charge in [-0.25, -0.2) is 9.97 Å². The van der Waals surface area contributed by atoms with Gasteiger partial charge < -0.3 is 25.3 Å². The Bertz CT molecular complexity index is 1400. The summed E-state index contributed by atoms with van der Waals surface area (Å²) in [6.45, 7) is 6.94. The van der Waals surface area contributed by atoms with Crippen molar-refractivity contribution in [2.45, 2.75) is 45.8 Å². The Morgan fingerprint density at radius 3 is 2.88 bits per heavy atom. The fourth-order valence-corrected chi connectivity index (χ4v) is 4.96. The number of rotatable bonds is 13. The van der Waals surface area contributed by atoms with E-state index < -0.39 is 0 Å². The summed E-state index contributed by atoms with van der Waals surface area (Å²) in [6, 6.07) is 11.2. The molecule has 0 saturated carbocycles. The third-order valence-electron chi connectivity index (χ3n) is 7.25. The second-order valence-electron chi connectivity index (χ2n) is 10.1. The minimum Gasteiger partial charge on any atom is -0.379 e. The lowest BCUT2D eigenvalue weighted by molar-refractivity contribution is 0.0840. The maximum Gasteiger partial charge on any atom is 0.251 e. The molecular weight excluding hydrogens is 518 g/mol. The monoisotopic (exact) mass is 555 g/mol. The molecule has 0 spiro atoms. The second-order valence-corrected chi connectivity index (χ2v) is 10.1. The quantitative estimate of drug-likeness (QED) is 0.213. The summed E-state index contributed by atoms with van der Waals surface area (Å²) in [5.74, 6) is 1.84. The lowest BCUT2D eigenvalue weighted by Crippen LogP contribution is -2.32. The van der Waals surface area contributed by atoms with Gasteiger partial charge in [0.25, 0.3) is 5.91 Å². The molecule has 1 aliphatic rings. The third-order valence-corrected chi connectivity index (χ3v) is 7.25. The average molecular weight is 556 g/mol. The highest BCUT2D eigenvalue weighted by Gasteiger charge is 2.17. The van der Waals surface area contributed by atoms with Crippen molar-refractivity contribution in [2.75, 3.05) is 31.6 Å². The number of benzene rings is 1. The van der Waals surface area contributed by atoms with Gasteiger partial charge in [0, 0.05) is 49.5 Å². The number of ether oxygens (including phenoxy) is 1. The molecule has 11 nitrogen and oxygen atoms in total. The molecule has 41 heavy (non-hydrogen) atoms. The van der Waals surface area contributed by atoms with E-state index in [9.17, 15) is 4.79 Å². The number of aryl methyl sites for hydroxylation is 1. The second kappa shape index (κ2) is 14.4. The SMILES string of the molecule is CCc1cnccc1CNC(=O)c1cccc(NCc2nnc(-c3ccncn3)n2CCOCC2CCCNC2)c1. The normalized spacial score (nSPS) is 15.0. The van der Waals surface area contributed by atoms with Crippen molar-refractivity contribution in [2.24, 2.45) is 5.92 Å². The molecular formula is C30H37N9O2. The van der Waals surface area contributed by atoms with Crippen molar-refractivity contribution in [3.05, 3.63) is 83.8 Å². The van der Waals surface area contributed by atoms with Crippen LogP contribution in [0.3, 0.4) is 0 Å². The van der Waals surface area contributed by atoms with Crippen molar-refractivity contribution < 1.29 is 9.53 Å². The van der Waals surface area contributed by atoms with Crippen molar-refractivity contribution in [3.63, 3.8) is 0 Å². The summed E-state index contributed by atoms with van der Waals surface area (Å²) in [5.41, 5.74) is 4.30. The van der Waals surface area contributed by atoms with Crippen molar-refractivity contribution in [1.82, 2.24) is 40.3 Å². The molecule has 1 unspecified atom stereocenters. The molecule has 1 atom stereocenters. The number of pyridine rings is 1. The number of hydrogen-bond acceptors (Lipinski definition) is 9. The van der Waals surface area contributed by atoms with Gasteiger partial charge in [-0.3, -0.25) is 9.78 Å². The van der Waals surface area contributed by atoms with E-state index in [0.717, 1.165) is 48.8 Å². The van der Waals surface area contributed by atoms with Gasteiger partial charge in [0.1, 0.15) is 12.0 Å². The number of piperidine rings is 1. The van der Waals surface area contributed by atoms with Crippen LogP contribution in [0, 0.1) is 5.92 Å². The van der Waals surface area contributed by atoms with Crippen LogP contribution in [-0.2, 0) is 30.8 Å². The standard InChI is InChI=1S/C30H37N9O2/c1-2-23-17-32-11-8-25(23)18-35-30(40)24-6-3-7-26(15-24)34-19-28-37-38-29(27-9-12-33-21-36-27)39(28)13-14-41-20-22-5-4-10-31-16-22/h3,6-9,11-12,15,17,21-22,31,34H,2,4-5,10,13-14,16,18-20H2,1H3,(H,35,40). The Morgan fingerprint density at radius 2 is 2.05 bits per heavy atom. The molecule has 0 radical (unpaired) electrons. The van der Waals surface area contributed by atoms with Gasteiger partial charge in [-0.15, -0.1) is 10.2 Å². The Balaban J connectivity index is 1.22. The molecule has 1 fully saturated rings. The lowest BCUT2D eigenvalue weighted by atomic mass is 10.0. The highest BCUT2D eigenvalue weighted by Crippen LogP contribution is 2.18. The van der Waals surface area contributed by atoms with Crippen LogP contribution in [0.4, 0.5) is 5.69 Å². The molecule has 5 rings (SSSR count). The number of nitrogens with zero attached hydrogens (tertiary/aromatic N) is 6. The van der Waals surface area contributed by atoms with E-state index in [1.54, 1.807) is 12.4 Å². The third kappa shape index (κ3) is 7.71. The average Bonchev–Trinajstić information content (AvgIpc) is 3.44. The summed E-state index contributed by atoms with van der Waals surface area (Å²) in [5, 5.41) is 18.7. The first-order chi connectivity index (χ1) is 20.2. The Morgan fingerprint density at radius 1 is 1.12 bits per heavy atom. The maximum atomic E-state index is 12.9. The molecule has 1 aromatic carbocycles. The number of aromatic nitrogens is 6. The van der Waals surface area contributed by atoms with Gasteiger partial charge in [0.2, 0.25) is 0 Å². The molecule has 11 heteroatoms. The number of carbonyl (C=O) groups is 1. The van der Waals surface area contributed by atoms with E-state index in [1.807, 2.05) is 47.2 Å². The highest BCUT2D eigenvalue weighted by atomic mass is 16.5. The van der Waals surface area contributed by atoms with Crippen LogP contribution in [0.5, 0.6) is 0 Å². The fraction of sp³-hybridized carbons (Fsp3) is 0.400. The molecule has 1 aliphatic heterocycles. The van der Waals surface area contributed by atoms with E-state index >= 15 is 0 Å². The Labute approximate surface area is 240 Å². The summed E-state index contributed by atoms with van der Waals surface area (Å²) in [7, 11) is 0.